The minimum atomic E-state index is -0.149. The van der Waals surface area contributed by atoms with Crippen LogP contribution in [0.2, 0.25) is 0 Å². The molecular weight excluding hydrogens is 328 g/mol. The Morgan fingerprint density at radius 1 is 0.962 bits per heavy atom. The third-order valence-corrected chi connectivity index (χ3v) is 3.86. The Morgan fingerprint density at radius 2 is 1.65 bits per heavy atom. The molecule has 2 N–H and O–H groups in total. The molecule has 0 bridgehead atoms. The quantitative estimate of drug-likeness (QED) is 0.710. The molecule has 6 heteroatoms. The number of hydrogen-bond donors (Lipinski definition) is 2. The first-order valence-corrected chi connectivity index (χ1v) is 8.23. The molecule has 0 aliphatic rings. The van der Waals surface area contributed by atoms with Crippen molar-refractivity contribution >= 4 is 23.2 Å². The highest BCUT2D eigenvalue weighted by molar-refractivity contribution is 5.91. The fraction of sp³-hybridized carbons (Fsp3) is 0.150. The first-order chi connectivity index (χ1) is 12.6. The Hall–Kier alpha value is -3.41. The van der Waals surface area contributed by atoms with E-state index in [2.05, 4.69) is 20.8 Å². The van der Waals surface area contributed by atoms with Crippen molar-refractivity contribution in [2.24, 2.45) is 0 Å². The third kappa shape index (κ3) is 4.57. The predicted molar refractivity (Wildman–Crippen MR) is 102 cm³/mol. The topological polar surface area (TPSA) is 76.1 Å². The van der Waals surface area contributed by atoms with Crippen LogP contribution < -0.4 is 15.4 Å². The summed E-state index contributed by atoms with van der Waals surface area (Å²) in [6.07, 6.45) is 0.259. The van der Waals surface area contributed by atoms with Crippen molar-refractivity contribution in [1.29, 1.82) is 0 Å². The van der Waals surface area contributed by atoms with Crippen molar-refractivity contribution in [2.75, 3.05) is 17.7 Å². The number of anilines is 3. The average molecular weight is 348 g/mol. The smallest absolute Gasteiger partial charge is 0.229 e. The van der Waals surface area contributed by atoms with Gasteiger partial charge in [0, 0.05) is 5.69 Å². The molecule has 0 radical (unpaired) electrons. The molecule has 1 heterocycles. The number of nitrogens with zero attached hydrogens (tertiary/aromatic N) is 2. The number of benzene rings is 2. The maximum absolute atomic E-state index is 12.1. The Bertz CT molecular complexity index is 877. The molecule has 0 fully saturated rings. The minimum Gasteiger partial charge on any atom is -0.497 e. The minimum absolute atomic E-state index is 0.149. The molecule has 2 aromatic carbocycles. The summed E-state index contributed by atoms with van der Waals surface area (Å²) in [4.78, 5) is 12.1. The number of rotatable bonds is 6. The van der Waals surface area contributed by atoms with E-state index in [4.69, 9.17) is 4.74 Å². The molecule has 6 nitrogen and oxygen atoms in total. The number of nitrogens with one attached hydrogen (secondary N) is 2. The first kappa shape index (κ1) is 17.4. The van der Waals surface area contributed by atoms with E-state index in [9.17, 15) is 4.79 Å². The van der Waals surface area contributed by atoms with E-state index in [0.29, 0.717) is 11.6 Å². The van der Waals surface area contributed by atoms with Gasteiger partial charge in [0.2, 0.25) is 5.91 Å². The van der Waals surface area contributed by atoms with E-state index in [-0.39, 0.29) is 12.3 Å². The summed E-state index contributed by atoms with van der Waals surface area (Å²) in [5.74, 6) is 1.65. The van der Waals surface area contributed by atoms with Crippen molar-refractivity contribution in [3.63, 3.8) is 0 Å². The molecule has 0 aliphatic heterocycles. The summed E-state index contributed by atoms with van der Waals surface area (Å²) in [6.45, 7) is 2.02. The van der Waals surface area contributed by atoms with Crippen LogP contribution >= 0.6 is 0 Å². The van der Waals surface area contributed by atoms with Gasteiger partial charge in [-0.1, -0.05) is 30.3 Å². The molecule has 0 saturated carbocycles. The number of amides is 1. The molecule has 0 saturated heterocycles. The molecule has 1 amide bonds. The van der Waals surface area contributed by atoms with Gasteiger partial charge in [0.1, 0.15) is 5.75 Å². The number of ether oxygens (including phenoxy) is 1. The third-order valence-electron chi connectivity index (χ3n) is 3.86. The highest BCUT2D eigenvalue weighted by atomic mass is 16.5. The second-order valence-corrected chi connectivity index (χ2v) is 5.82. The Balaban J connectivity index is 1.58. The summed E-state index contributed by atoms with van der Waals surface area (Å²) in [5, 5.41) is 14.1. The number of aromatic nitrogens is 2. The maximum atomic E-state index is 12.1. The normalized spacial score (nSPS) is 10.2. The zero-order valence-corrected chi connectivity index (χ0v) is 14.7. The zero-order valence-electron chi connectivity index (χ0n) is 14.7. The lowest BCUT2D eigenvalue weighted by Gasteiger charge is -2.09. The Morgan fingerprint density at radius 3 is 2.31 bits per heavy atom. The van der Waals surface area contributed by atoms with Crippen LogP contribution in [0.15, 0.2) is 60.7 Å². The molecule has 3 aromatic rings. The highest BCUT2D eigenvalue weighted by Crippen LogP contribution is 2.18. The molecule has 132 valence electrons. The van der Waals surface area contributed by atoms with Crippen LogP contribution in [0.1, 0.15) is 11.1 Å². The molecular formula is C20H20N4O2. The fourth-order valence-electron chi connectivity index (χ4n) is 2.43. The largest absolute Gasteiger partial charge is 0.497 e. The van der Waals surface area contributed by atoms with Gasteiger partial charge in [-0.25, -0.2) is 0 Å². The first-order valence-electron chi connectivity index (χ1n) is 8.23. The highest BCUT2D eigenvalue weighted by Gasteiger charge is 2.06. The number of aryl methyl sites for hydroxylation is 1. The van der Waals surface area contributed by atoms with Crippen LogP contribution in [-0.4, -0.2) is 23.2 Å². The van der Waals surface area contributed by atoms with Crippen molar-refractivity contribution in [3.05, 3.63) is 71.8 Å². The number of methoxy groups -OCH3 is 1. The maximum Gasteiger partial charge on any atom is 0.229 e. The SMILES string of the molecule is COc1ccc(CC(=O)Nc2ccc(Nc3ccccc3C)nn2)cc1. The van der Waals surface area contributed by atoms with E-state index < -0.39 is 0 Å². The van der Waals surface area contributed by atoms with Crippen LogP contribution in [-0.2, 0) is 11.2 Å². The van der Waals surface area contributed by atoms with E-state index in [0.717, 1.165) is 22.6 Å². The van der Waals surface area contributed by atoms with Gasteiger partial charge in [-0.3, -0.25) is 4.79 Å². The van der Waals surface area contributed by atoms with Gasteiger partial charge in [-0.05, 0) is 48.4 Å². The molecule has 3 rings (SSSR count). The lowest BCUT2D eigenvalue weighted by molar-refractivity contribution is -0.115. The van der Waals surface area contributed by atoms with Crippen LogP contribution in [0.25, 0.3) is 0 Å². The average Bonchev–Trinajstić information content (AvgIpc) is 2.66. The number of para-hydroxylation sites is 1. The van der Waals surface area contributed by atoms with Crippen LogP contribution in [0, 0.1) is 6.92 Å². The van der Waals surface area contributed by atoms with Gasteiger partial charge in [0.15, 0.2) is 11.6 Å². The Labute approximate surface area is 152 Å². The molecule has 0 atom stereocenters. The summed E-state index contributed by atoms with van der Waals surface area (Å²) < 4.78 is 5.11. The number of carbonyl (C=O) groups is 1. The lowest BCUT2D eigenvalue weighted by Crippen LogP contribution is -2.15. The van der Waals surface area contributed by atoms with Gasteiger partial charge in [0.05, 0.1) is 13.5 Å². The second-order valence-electron chi connectivity index (χ2n) is 5.82. The van der Waals surface area contributed by atoms with E-state index in [1.165, 1.54) is 0 Å². The van der Waals surface area contributed by atoms with Crippen molar-refractivity contribution in [3.8, 4) is 5.75 Å². The van der Waals surface area contributed by atoms with Gasteiger partial charge in [0.25, 0.3) is 0 Å². The summed E-state index contributed by atoms with van der Waals surface area (Å²) >= 11 is 0. The second kappa shape index (κ2) is 8.11. The lowest BCUT2D eigenvalue weighted by atomic mass is 10.1. The van der Waals surface area contributed by atoms with Gasteiger partial charge < -0.3 is 15.4 Å². The molecule has 1 aromatic heterocycles. The fourth-order valence-corrected chi connectivity index (χ4v) is 2.43. The van der Waals surface area contributed by atoms with Crippen molar-refractivity contribution in [1.82, 2.24) is 10.2 Å². The van der Waals surface area contributed by atoms with Crippen LogP contribution in [0.3, 0.4) is 0 Å². The standard InChI is InChI=1S/C20H20N4O2/c1-14-5-3-4-6-17(14)21-18-11-12-19(24-23-18)22-20(25)13-15-7-9-16(26-2)10-8-15/h3-12H,13H2,1-2H3,(H,21,23)(H,22,24,25). The summed E-state index contributed by atoms with van der Waals surface area (Å²) in [5.41, 5.74) is 2.98. The molecule has 26 heavy (non-hydrogen) atoms. The molecule has 0 aliphatic carbocycles. The predicted octanol–water partition coefficient (Wildman–Crippen LogP) is 3.72. The summed E-state index contributed by atoms with van der Waals surface area (Å²) in [7, 11) is 1.61. The van der Waals surface area contributed by atoms with E-state index in [1.54, 1.807) is 19.2 Å². The van der Waals surface area contributed by atoms with Gasteiger partial charge in [-0.2, -0.15) is 0 Å². The van der Waals surface area contributed by atoms with Crippen molar-refractivity contribution in [2.45, 2.75) is 13.3 Å². The van der Waals surface area contributed by atoms with Crippen LogP contribution in [0.4, 0.5) is 17.3 Å². The van der Waals surface area contributed by atoms with Crippen molar-refractivity contribution < 1.29 is 9.53 Å². The van der Waals surface area contributed by atoms with E-state index >= 15 is 0 Å². The number of carbonyl (C=O) groups excluding carboxylic acids is 1. The molecule has 0 unspecified atom stereocenters. The van der Waals surface area contributed by atoms with E-state index in [1.807, 2.05) is 55.5 Å². The molecule has 0 spiro atoms. The summed E-state index contributed by atoms with van der Waals surface area (Å²) in [6, 6.07) is 18.8. The monoisotopic (exact) mass is 348 g/mol. The van der Waals surface area contributed by atoms with Gasteiger partial charge in [-0.15, -0.1) is 10.2 Å². The number of hydrogen-bond acceptors (Lipinski definition) is 5. The Kier molecular flexibility index (Phi) is 5.43. The van der Waals surface area contributed by atoms with Gasteiger partial charge >= 0.3 is 0 Å². The zero-order chi connectivity index (χ0) is 18.4. The van der Waals surface area contributed by atoms with Crippen LogP contribution in [0.5, 0.6) is 5.75 Å².